The Morgan fingerprint density at radius 2 is 1.82 bits per heavy atom. The molecule has 1 saturated heterocycles. The number of nitrogens with one attached hydrogen (secondary N) is 1. The average Bonchev–Trinajstić information content (AvgIpc) is 2.83. The fourth-order valence-electron chi connectivity index (χ4n) is 4.94. The van der Waals surface area contributed by atoms with E-state index in [2.05, 4.69) is 17.4 Å². The SMILES string of the molecule is COc1ccc(C(C)C)cc1S(=O)(=O)N1CCC(C(=O)N[C@H]2CCCc3ccccc32)CC1. The predicted molar refractivity (Wildman–Crippen MR) is 129 cm³/mol. The molecule has 6 nitrogen and oxygen atoms in total. The molecular weight excluding hydrogens is 436 g/mol. The van der Waals surface area contributed by atoms with Crippen LogP contribution in [0.1, 0.15) is 68.2 Å². The van der Waals surface area contributed by atoms with E-state index in [9.17, 15) is 13.2 Å². The number of carbonyl (C=O) groups is 1. The topological polar surface area (TPSA) is 75.7 Å². The van der Waals surface area contributed by atoms with E-state index in [1.165, 1.54) is 22.5 Å². The second kappa shape index (κ2) is 9.85. The molecule has 2 aliphatic rings. The number of benzene rings is 2. The fraction of sp³-hybridized carbons (Fsp3) is 0.500. The van der Waals surface area contributed by atoms with Gasteiger partial charge < -0.3 is 10.1 Å². The molecule has 1 fully saturated rings. The maximum atomic E-state index is 13.4. The molecule has 0 radical (unpaired) electrons. The van der Waals surface area contributed by atoms with Crippen molar-refractivity contribution in [1.29, 1.82) is 0 Å². The lowest BCUT2D eigenvalue weighted by molar-refractivity contribution is -0.127. The van der Waals surface area contributed by atoms with E-state index in [0.717, 1.165) is 24.8 Å². The zero-order valence-corrected chi connectivity index (χ0v) is 20.5. The lowest BCUT2D eigenvalue weighted by Crippen LogP contribution is -2.44. The Hall–Kier alpha value is -2.38. The van der Waals surface area contributed by atoms with Gasteiger partial charge in [-0.1, -0.05) is 44.2 Å². The first-order chi connectivity index (χ1) is 15.8. The molecule has 1 N–H and O–H groups in total. The first kappa shape index (κ1) is 23.8. The third-order valence-electron chi connectivity index (χ3n) is 6.98. The van der Waals surface area contributed by atoms with Crippen LogP contribution in [-0.2, 0) is 21.2 Å². The second-order valence-corrected chi connectivity index (χ2v) is 11.3. The van der Waals surface area contributed by atoms with Crippen molar-refractivity contribution in [3.05, 3.63) is 59.2 Å². The van der Waals surface area contributed by atoms with Gasteiger partial charge in [0.25, 0.3) is 0 Å². The molecular formula is C26H34N2O4S. The molecule has 0 bridgehead atoms. The third-order valence-corrected chi connectivity index (χ3v) is 8.90. The van der Waals surface area contributed by atoms with Crippen LogP contribution in [0.4, 0.5) is 0 Å². The van der Waals surface area contributed by atoms with Crippen molar-refractivity contribution >= 4 is 15.9 Å². The van der Waals surface area contributed by atoms with Crippen LogP contribution in [-0.4, -0.2) is 38.8 Å². The van der Waals surface area contributed by atoms with Crippen LogP contribution in [0.25, 0.3) is 0 Å². The van der Waals surface area contributed by atoms with E-state index in [-0.39, 0.29) is 28.7 Å². The maximum absolute atomic E-state index is 13.4. The summed E-state index contributed by atoms with van der Waals surface area (Å²) in [5, 5.41) is 3.24. The Morgan fingerprint density at radius 3 is 2.52 bits per heavy atom. The van der Waals surface area contributed by atoms with Gasteiger partial charge in [0.2, 0.25) is 15.9 Å². The predicted octanol–water partition coefficient (Wildman–Crippen LogP) is 4.41. The number of hydrogen-bond acceptors (Lipinski definition) is 4. The summed E-state index contributed by atoms with van der Waals surface area (Å²) in [6.07, 6.45) is 4.11. The molecule has 2 aromatic carbocycles. The number of methoxy groups -OCH3 is 1. The van der Waals surface area contributed by atoms with E-state index in [1.807, 2.05) is 32.0 Å². The number of rotatable bonds is 6. The van der Waals surface area contributed by atoms with Gasteiger partial charge in [0, 0.05) is 19.0 Å². The standard InChI is InChI=1S/C26H34N2O4S/c1-18(2)21-11-12-24(32-3)25(17-21)33(30,31)28-15-13-20(14-16-28)26(29)27-23-10-6-8-19-7-4-5-9-22(19)23/h4-5,7,9,11-12,17-18,20,23H,6,8,10,13-16H2,1-3H3,(H,27,29)/t23-/m0/s1. The smallest absolute Gasteiger partial charge is 0.246 e. The van der Waals surface area contributed by atoms with Gasteiger partial charge in [-0.15, -0.1) is 0 Å². The number of nitrogens with zero attached hydrogens (tertiary/aromatic N) is 1. The lowest BCUT2D eigenvalue weighted by atomic mass is 9.87. The van der Waals surface area contributed by atoms with Crippen LogP contribution in [0.3, 0.4) is 0 Å². The summed E-state index contributed by atoms with van der Waals surface area (Å²) in [4.78, 5) is 13.2. The molecule has 33 heavy (non-hydrogen) atoms. The van der Waals surface area contributed by atoms with Crippen molar-refractivity contribution in [3.8, 4) is 5.75 Å². The molecule has 1 amide bonds. The van der Waals surface area contributed by atoms with Gasteiger partial charge in [-0.2, -0.15) is 4.31 Å². The molecule has 1 aliphatic heterocycles. The van der Waals surface area contributed by atoms with Gasteiger partial charge >= 0.3 is 0 Å². The zero-order chi connectivity index (χ0) is 23.6. The van der Waals surface area contributed by atoms with Crippen LogP contribution >= 0.6 is 0 Å². The molecule has 1 heterocycles. The van der Waals surface area contributed by atoms with Crippen molar-refractivity contribution in [1.82, 2.24) is 9.62 Å². The molecule has 2 aromatic rings. The number of carbonyl (C=O) groups excluding carboxylic acids is 1. The minimum absolute atomic E-state index is 0.0353. The summed E-state index contributed by atoms with van der Waals surface area (Å²) in [6, 6.07) is 13.7. The van der Waals surface area contributed by atoms with Crippen LogP contribution < -0.4 is 10.1 Å². The quantitative estimate of drug-likeness (QED) is 0.678. The van der Waals surface area contributed by atoms with Crippen LogP contribution in [0, 0.1) is 5.92 Å². The summed E-state index contributed by atoms with van der Waals surface area (Å²) in [5.41, 5.74) is 3.48. The van der Waals surface area contributed by atoms with E-state index >= 15 is 0 Å². The van der Waals surface area contributed by atoms with Crippen LogP contribution in [0.5, 0.6) is 5.75 Å². The number of aryl methyl sites for hydroxylation is 1. The number of ether oxygens (including phenoxy) is 1. The Bertz CT molecular complexity index is 1110. The average molecular weight is 471 g/mol. The molecule has 178 valence electrons. The lowest BCUT2D eigenvalue weighted by Gasteiger charge is -2.33. The van der Waals surface area contributed by atoms with Gasteiger partial charge in [-0.05, 0) is 66.8 Å². The highest BCUT2D eigenvalue weighted by Gasteiger charge is 2.35. The Labute approximate surface area is 197 Å². The first-order valence-electron chi connectivity index (χ1n) is 11.9. The van der Waals surface area contributed by atoms with E-state index in [1.54, 1.807) is 12.1 Å². The molecule has 0 unspecified atom stereocenters. The summed E-state index contributed by atoms with van der Waals surface area (Å²) in [7, 11) is -2.21. The minimum Gasteiger partial charge on any atom is -0.495 e. The molecule has 1 aliphatic carbocycles. The zero-order valence-electron chi connectivity index (χ0n) is 19.7. The molecule has 0 spiro atoms. The number of fused-ring (bicyclic) bond motifs is 1. The highest BCUT2D eigenvalue weighted by Crippen LogP contribution is 2.33. The Morgan fingerprint density at radius 1 is 1.09 bits per heavy atom. The van der Waals surface area contributed by atoms with Crippen LogP contribution in [0.2, 0.25) is 0 Å². The minimum atomic E-state index is -3.70. The fourth-order valence-corrected chi connectivity index (χ4v) is 6.61. The normalized spacial score (nSPS) is 19.8. The van der Waals surface area contributed by atoms with Crippen molar-refractivity contribution in [2.24, 2.45) is 5.92 Å². The van der Waals surface area contributed by atoms with Gasteiger partial charge in [0.1, 0.15) is 10.6 Å². The monoisotopic (exact) mass is 470 g/mol. The maximum Gasteiger partial charge on any atom is 0.246 e. The van der Waals surface area contributed by atoms with Gasteiger partial charge in [0.15, 0.2) is 0 Å². The molecule has 0 saturated carbocycles. The molecule has 7 heteroatoms. The Kier molecular flexibility index (Phi) is 7.10. The number of piperidine rings is 1. The molecule has 1 atom stereocenters. The number of amides is 1. The summed E-state index contributed by atoms with van der Waals surface area (Å²) >= 11 is 0. The number of hydrogen-bond donors (Lipinski definition) is 1. The summed E-state index contributed by atoms with van der Waals surface area (Å²) < 4.78 is 33.7. The van der Waals surface area contributed by atoms with Gasteiger partial charge in [-0.3, -0.25) is 4.79 Å². The largest absolute Gasteiger partial charge is 0.495 e. The molecule has 4 rings (SSSR count). The highest BCUT2D eigenvalue weighted by molar-refractivity contribution is 7.89. The van der Waals surface area contributed by atoms with Crippen molar-refractivity contribution < 1.29 is 17.9 Å². The van der Waals surface area contributed by atoms with Crippen molar-refractivity contribution in [3.63, 3.8) is 0 Å². The van der Waals surface area contributed by atoms with E-state index in [0.29, 0.717) is 31.7 Å². The molecule has 0 aromatic heterocycles. The first-order valence-corrected chi connectivity index (χ1v) is 13.3. The van der Waals surface area contributed by atoms with E-state index in [4.69, 9.17) is 4.74 Å². The van der Waals surface area contributed by atoms with Crippen molar-refractivity contribution in [2.45, 2.75) is 62.8 Å². The van der Waals surface area contributed by atoms with Gasteiger partial charge in [0.05, 0.1) is 13.2 Å². The van der Waals surface area contributed by atoms with Gasteiger partial charge in [-0.25, -0.2) is 8.42 Å². The second-order valence-electron chi connectivity index (χ2n) is 9.40. The Balaban J connectivity index is 1.43. The summed E-state index contributed by atoms with van der Waals surface area (Å²) in [5.74, 6) is 0.432. The highest BCUT2D eigenvalue weighted by atomic mass is 32.2. The third kappa shape index (κ3) is 4.94. The van der Waals surface area contributed by atoms with Crippen molar-refractivity contribution in [2.75, 3.05) is 20.2 Å². The van der Waals surface area contributed by atoms with E-state index < -0.39 is 10.0 Å². The van der Waals surface area contributed by atoms with Crippen LogP contribution in [0.15, 0.2) is 47.4 Å². The number of sulfonamides is 1. The summed E-state index contributed by atoms with van der Waals surface area (Å²) in [6.45, 7) is 4.73.